The van der Waals surface area contributed by atoms with E-state index < -0.39 is 0 Å². The van der Waals surface area contributed by atoms with Crippen LogP contribution in [0.15, 0.2) is 45.3 Å². The van der Waals surface area contributed by atoms with Crippen molar-refractivity contribution in [1.82, 2.24) is 0 Å². The molecule has 3 aromatic rings. The van der Waals surface area contributed by atoms with Crippen LogP contribution in [0.25, 0.3) is 21.9 Å². The first-order valence-corrected chi connectivity index (χ1v) is 5.35. The van der Waals surface area contributed by atoms with Crippen molar-refractivity contribution in [2.75, 3.05) is 0 Å². The summed E-state index contributed by atoms with van der Waals surface area (Å²) in [6.07, 6.45) is 0. The summed E-state index contributed by atoms with van der Waals surface area (Å²) >= 11 is 3.40. The van der Waals surface area contributed by atoms with Crippen molar-refractivity contribution in [2.24, 2.45) is 0 Å². The molecule has 1 N–H and O–H groups in total. The lowest BCUT2D eigenvalue weighted by molar-refractivity contribution is 0.481. The SMILES string of the molecule is Oc1cccc2oc3ccc(Br)cc3c12. The molecule has 0 saturated heterocycles. The third kappa shape index (κ3) is 1.23. The predicted octanol–water partition coefficient (Wildman–Crippen LogP) is 4.05. The van der Waals surface area contributed by atoms with Gasteiger partial charge in [-0.05, 0) is 30.3 Å². The van der Waals surface area contributed by atoms with Crippen molar-refractivity contribution in [3.05, 3.63) is 40.9 Å². The second-order valence-electron chi connectivity index (χ2n) is 3.39. The van der Waals surface area contributed by atoms with Crippen molar-refractivity contribution in [2.45, 2.75) is 0 Å². The number of halogens is 1. The van der Waals surface area contributed by atoms with E-state index in [1.165, 1.54) is 0 Å². The third-order valence-corrected chi connectivity index (χ3v) is 2.93. The number of aromatic hydroxyl groups is 1. The number of fused-ring (bicyclic) bond motifs is 3. The normalized spacial score (nSPS) is 11.3. The van der Waals surface area contributed by atoms with Gasteiger partial charge in [0.25, 0.3) is 0 Å². The van der Waals surface area contributed by atoms with Gasteiger partial charge >= 0.3 is 0 Å². The second-order valence-corrected chi connectivity index (χ2v) is 4.31. The molecular formula is C12H7BrO2. The van der Waals surface area contributed by atoms with Crippen LogP contribution in [-0.4, -0.2) is 5.11 Å². The van der Waals surface area contributed by atoms with E-state index in [2.05, 4.69) is 15.9 Å². The van der Waals surface area contributed by atoms with E-state index >= 15 is 0 Å². The maximum Gasteiger partial charge on any atom is 0.139 e. The largest absolute Gasteiger partial charge is 0.507 e. The van der Waals surface area contributed by atoms with Gasteiger partial charge in [0.15, 0.2) is 0 Å². The van der Waals surface area contributed by atoms with Crippen LogP contribution in [-0.2, 0) is 0 Å². The maximum atomic E-state index is 9.77. The lowest BCUT2D eigenvalue weighted by Crippen LogP contribution is -1.68. The van der Waals surface area contributed by atoms with Crippen molar-refractivity contribution in [3.8, 4) is 5.75 Å². The molecule has 0 unspecified atom stereocenters. The molecule has 0 bridgehead atoms. The molecule has 0 aliphatic carbocycles. The summed E-state index contributed by atoms with van der Waals surface area (Å²) in [4.78, 5) is 0. The summed E-state index contributed by atoms with van der Waals surface area (Å²) < 4.78 is 6.58. The molecule has 15 heavy (non-hydrogen) atoms. The van der Waals surface area contributed by atoms with Crippen molar-refractivity contribution >= 4 is 37.9 Å². The lowest BCUT2D eigenvalue weighted by atomic mass is 10.1. The number of furan rings is 1. The highest BCUT2D eigenvalue weighted by Crippen LogP contribution is 2.35. The summed E-state index contributed by atoms with van der Waals surface area (Å²) in [6.45, 7) is 0. The van der Waals surface area contributed by atoms with Crippen molar-refractivity contribution in [1.29, 1.82) is 0 Å². The second kappa shape index (κ2) is 3.00. The quantitative estimate of drug-likeness (QED) is 0.663. The third-order valence-electron chi connectivity index (χ3n) is 2.44. The molecule has 3 heteroatoms. The van der Waals surface area contributed by atoms with Crippen LogP contribution in [0.4, 0.5) is 0 Å². The van der Waals surface area contributed by atoms with Crippen molar-refractivity contribution in [3.63, 3.8) is 0 Å². The minimum absolute atomic E-state index is 0.254. The van der Waals surface area contributed by atoms with Gasteiger partial charge in [-0.2, -0.15) is 0 Å². The zero-order valence-electron chi connectivity index (χ0n) is 7.70. The fourth-order valence-electron chi connectivity index (χ4n) is 1.78. The van der Waals surface area contributed by atoms with Crippen LogP contribution < -0.4 is 0 Å². The number of phenols is 1. The lowest BCUT2D eigenvalue weighted by Gasteiger charge is -1.93. The van der Waals surface area contributed by atoms with Gasteiger partial charge < -0.3 is 9.52 Å². The van der Waals surface area contributed by atoms with Crippen LogP contribution in [0.2, 0.25) is 0 Å². The predicted molar refractivity (Wildman–Crippen MR) is 63.1 cm³/mol. The molecule has 74 valence electrons. The van der Waals surface area contributed by atoms with E-state index in [-0.39, 0.29) is 5.75 Å². The number of phenolic OH excluding ortho intramolecular Hbond substituents is 1. The van der Waals surface area contributed by atoms with Crippen LogP contribution in [0.5, 0.6) is 5.75 Å². The van der Waals surface area contributed by atoms with Crippen molar-refractivity contribution < 1.29 is 9.52 Å². The molecule has 1 aromatic heterocycles. The standard InChI is InChI=1S/C12H7BrO2/c13-7-4-5-10-8(6-7)12-9(14)2-1-3-11(12)15-10/h1-6,14H. The molecular weight excluding hydrogens is 256 g/mol. The Bertz CT molecular complexity index is 655. The van der Waals surface area contributed by atoms with Gasteiger partial charge in [0, 0.05) is 9.86 Å². The minimum atomic E-state index is 0.254. The summed E-state index contributed by atoms with van der Waals surface area (Å²) in [5.74, 6) is 0.254. The molecule has 0 radical (unpaired) electrons. The maximum absolute atomic E-state index is 9.77. The average Bonchev–Trinajstić information content (AvgIpc) is 2.57. The summed E-state index contributed by atoms with van der Waals surface area (Å²) in [5, 5.41) is 11.5. The first kappa shape index (κ1) is 8.80. The molecule has 0 amide bonds. The first-order chi connectivity index (χ1) is 7.25. The van der Waals surface area contributed by atoms with Crippen LogP contribution in [0.3, 0.4) is 0 Å². The highest BCUT2D eigenvalue weighted by molar-refractivity contribution is 9.10. The Morgan fingerprint density at radius 3 is 2.80 bits per heavy atom. The van der Waals surface area contributed by atoms with Gasteiger partial charge in [0.2, 0.25) is 0 Å². The van der Waals surface area contributed by atoms with E-state index in [1.807, 2.05) is 24.3 Å². The number of rotatable bonds is 0. The first-order valence-electron chi connectivity index (χ1n) is 4.55. The van der Waals surface area contributed by atoms with Crippen LogP contribution in [0, 0.1) is 0 Å². The number of benzene rings is 2. The zero-order valence-corrected chi connectivity index (χ0v) is 9.28. The number of hydrogen-bond donors (Lipinski definition) is 1. The van der Waals surface area contributed by atoms with E-state index in [9.17, 15) is 5.11 Å². The summed E-state index contributed by atoms with van der Waals surface area (Å²) in [6, 6.07) is 11.0. The molecule has 0 aliphatic rings. The van der Waals surface area contributed by atoms with E-state index in [0.29, 0.717) is 5.58 Å². The fraction of sp³-hybridized carbons (Fsp3) is 0. The highest BCUT2D eigenvalue weighted by Gasteiger charge is 2.09. The minimum Gasteiger partial charge on any atom is -0.507 e. The molecule has 0 saturated carbocycles. The molecule has 0 fully saturated rings. The van der Waals surface area contributed by atoms with Gasteiger partial charge in [-0.15, -0.1) is 0 Å². The molecule has 2 aromatic carbocycles. The molecule has 0 spiro atoms. The van der Waals surface area contributed by atoms with Gasteiger partial charge in [-0.25, -0.2) is 0 Å². The van der Waals surface area contributed by atoms with E-state index in [0.717, 1.165) is 20.8 Å². The topological polar surface area (TPSA) is 33.4 Å². The molecule has 0 atom stereocenters. The van der Waals surface area contributed by atoms with E-state index in [1.54, 1.807) is 12.1 Å². The Labute approximate surface area is 94.3 Å². The van der Waals surface area contributed by atoms with Gasteiger partial charge in [0.1, 0.15) is 16.9 Å². The highest BCUT2D eigenvalue weighted by atomic mass is 79.9. The summed E-state index contributed by atoms with van der Waals surface area (Å²) in [5.41, 5.74) is 1.50. The van der Waals surface area contributed by atoms with Gasteiger partial charge in [-0.1, -0.05) is 22.0 Å². The zero-order chi connectivity index (χ0) is 10.4. The van der Waals surface area contributed by atoms with Crippen LogP contribution >= 0.6 is 15.9 Å². The fourth-order valence-corrected chi connectivity index (χ4v) is 2.14. The summed E-state index contributed by atoms with van der Waals surface area (Å²) in [7, 11) is 0. The molecule has 3 rings (SSSR count). The molecule has 2 nitrogen and oxygen atoms in total. The van der Waals surface area contributed by atoms with Gasteiger partial charge in [0.05, 0.1) is 5.39 Å². The molecule has 1 heterocycles. The smallest absolute Gasteiger partial charge is 0.139 e. The Morgan fingerprint density at radius 1 is 1.07 bits per heavy atom. The Morgan fingerprint density at radius 2 is 1.93 bits per heavy atom. The average molecular weight is 263 g/mol. The number of hydrogen-bond acceptors (Lipinski definition) is 2. The van der Waals surface area contributed by atoms with E-state index in [4.69, 9.17) is 4.42 Å². The monoisotopic (exact) mass is 262 g/mol. The van der Waals surface area contributed by atoms with Gasteiger partial charge in [-0.3, -0.25) is 0 Å². The Kier molecular flexibility index (Phi) is 1.76. The Balaban J connectivity index is 2.61. The Hall–Kier alpha value is -1.48. The molecule has 0 aliphatic heterocycles. The van der Waals surface area contributed by atoms with Crippen LogP contribution in [0.1, 0.15) is 0 Å².